The number of ether oxygens (including phenoxy) is 1. The second-order valence-electron chi connectivity index (χ2n) is 4.43. The topological polar surface area (TPSA) is 26.3 Å². The zero-order valence-corrected chi connectivity index (χ0v) is 13.2. The van der Waals surface area contributed by atoms with Crippen molar-refractivity contribution in [3.8, 4) is 35.5 Å². The van der Waals surface area contributed by atoms with E-state index in [-0.39, 0.29) is 5.97 Å². The van der Waals surface area contributed by atoms with Crippen LogP contribution in [0.5, 0.6) is 0 Å². The molecule has 0 radical (unpaired) electrons. The lowest BCUT2D eigenvalue weighted by Gasteiger charge is -1.98. The largest absolute Gasteiger partial charge is 0.469 e. The van der Waals surface area contributed by atoms with Crippen molar-refractivity contribution in [1.29, 1.82) is 0 Å². The summed E-state index contributed by atoms with van der Waals surface area (Å²) >= 11 is 0. The molecule has 0 unspecified atom stereocenters. The molecule has 0 fully saturated rings. The summed E-state index contributed by atoms with van der Waals surface area (Å²) in [6, 6.07) is 0. The van der Waals surface area contributed by atoms with E-state index in [1.807, 2.05) is 6.92 Å². The number of hydrogen-bond acceptors (Lipinski definition) is 2. The molecule has 0 atom stereocenters. The lowest BCUT2D eigenvalue weighted by atomic mass is 10.1. The highest BCUT2D eigenvalue weighted by Gasteiger charge is 1.98. The maximum Gasteiger partial charge on any atom is 0.305 e. The molecule has 0 aliphatic carbocycles. The second kappa shape index (κ2) is 16.2. The van der Waals surface area contributed by atoms with Crippen LogP contribution in [0.3, 0.4) is 0 Å². The van der Waals surface area contributed by atoms with Gasteiger partial charge in [-0.05, 0) is 12.8 Å². The Bertz CT molecular complexity index is 519. The van der Waals surface area contributed by atoms with Gasteiger partial charge >= 0.3 is 5.97 Å². The van der Waals surface area contributed by atoms with E-state index in [4.69, 9.17) is 2.74 Å². The van der Waals surface area contributed by atoms with Gasteiger partial charge in [0.1, 0.15) is 0 Å². The number of methoxy groups -OCH3 is 1. The molecule has 0 aromatic carbocycles. The van der Waals surface area contributed by atoms with Gasteiger partial charge in [-0.15, -0.1) is 23.7 Å². The van der Waals surface area contributed by atoms with Crippen LogP contribution in [0.25, 0.3) is 0 Å². The minimum Gasteiger partial charge on any atom is -0.469 e. The fraction of sp³-hybridized carbons (Fsp3) is 0.632. The van der Waals surface area contributed by atoms with Crippen molar-refractivity contribution in [3.05, 3.63) is 0 Å². The van der Waals surface area contributed by atoms with Crippen molar-refractivity contribution in [2.24, 2.45) is 0 Å². The molecular weight excluding hydrogens is 260 g/mol. The summed E-state index contributed by atoms with van der Waals surface area (Å²) in [4.78, 5) is 10.9. The average Bonchev–Trinajstić information content (AvgIpc) is 2.53. The third kappa shape index (κ3) is 16.1. The molecule has 21 heavy (non-hydrogen) atoms. The smallest absolute Gasteiger partial charge is 0.305 e. The predicted molar refractivity (Wildman–Crippen MR) is 87.2 cm³/mol. The highest BCUT2D eigenvalue weighted by Crippen LogP contribution is 2.05. The zero-order chi connectivity index (χ0) is 17.4. The minimum absolute atomic E-state index is 0.143. The number of rotatable bonds is 7. The molecule has 0 aliphatic heterocycles. The molecule has 0 rings (SSSR count). The lowest BCUT2D eigenvalue weighted by Crippen LogP contribution is -1.98. The van der Waals surface area contributed by atoms with E-state index in [1.54, 1.807) is 0 Å². The van der Waals surface area contributed by atoms with E-state index in [9.17, 15) is 4.79 Å². The molecule has 0 aromatic heterocycles. The quantitative estimate of drug-likeness (QED) is 0.401. The van der Waals surface area contributed by atoms with E-state index >= 15 is 0 Å². The molecule has 0 saturated heterocycles. The summed E-state index contributed by atoms with van der Waals surface area (Å²) in [5.74, 6) is 16.5. The van der Waals surface area contributed by atoms with E-state index < -0.39 is 6.37 Å². The summed E-state index contributed by atoms with van der Waals surface area (Å²) in [6.45, 7) is 1.88. The predicted octanol–water partition coefficient (Wildman–Crippen LogP) is 4.09. The summed E-state index contributed by atoms with van der Waals surface area (Å²) in [5, 5.41) is 0. The maximum atomic E-state index is 10.9. The van der Waals surface area contributed by atoms with Gasteiger partial charge in [0.15, 0.2) is 0 Å². The number of unbranched alkanes of at least 4 members (excludes halogenated alkanes) is 5. The molecule has 2 nitrogen and oxygen atoms in total. The Hall–Kier alpha value is -1.85. The SMILES string of the molecule is [2H]C([2H])(C#CCC)C#CCCC#CCCCCCCC(=O)OC. The van der Waals surface area contributed by atoms with Crippen LogP contribution in [0.15, 0.2) is 0 Å². The Balaban J connectivity index is 3.66. The molecule has 2 heteroatoms. The monoisotopic (exact) mass is 288 g/mol. The van der Waals surface area contributed by atoms with E-state index in [1.165, 1.54) is 7.11 Å². The Labute approximate surface area is 132 Å². The van der Waals surface area contributed by atoms with Gasteiger partial charge in [0.05, 0.1) is 16.2 Å². The summed E-state index contributed by atoms with van der Waals surface area (Å²) in [5.41, 5.74) is 0. The molecule has 0 saturated carbocycles. The van der Waals surface area contributed by atoms with Crippen LogP contribution < -0.4 is 0 Å². The van der Waals surface area contributed by atoms with Crippen LogP contribution in [-0.2, 0) is 9.53 Å². The van der Waals surface area contributed by atoms with E-state index in [0.29, 0.717) is 25.7 Å². The zero-order valence-electron chi connectivity index (χ0n) is 15.2. The van der Waals surface area contributed by atoms with Gasteiger partial charge in [0.25, 0.3) is 0 Å². The summed E-state index contributed by atoms with van der Waals surface area (Å²) < 4.78 is 19.7. The van der Waals surface area contributed by atoms with Crippen LogP contribution in [0.2, 0.25) is 0 Å². The van der Waals surface area contributed by atoms with Crippen LogP contribution >= 0.6 is 0 Å². The van der Waals surface area contributed by atoms with Gasteiger partial charge in [0.2, 0.25) is 0 Å². The number of esters is 1. The minimum atomic E-state index is -1.71. The molecule has 0 heterocycles. The first-order valence-corrected chi connectivity index (χ1v) is 7.54. The Kier molecular flexibility index (Phi) is 12.0. The first-order chi connectivity index (χ1) is 11.0. The van der Waals surface area contributed by atoms with Crippen LogP contribution in [0.4, 0.5) is 0 Å². The van der Waals surface area contributed by atoms with Crippen molar-refractivity contribution >= 4 is 5.97 Å². The van der Waals surface area contributed by atoms with Gasteiger partial charge in [-0.3, -0.25) is 4.79 Å². The van der Waals surface area contributed by atoms with Gasteiger partial charge in [-0.25, -0.2) is 0 Å². The molecule has 0 bridgehead atoms. The highest BCUT2D eigenvalue weighted by molar-refractivity contribution is 5.68. The molecule has 0 spiro atoms. The van der Waals surface area contributed by atoms with Crippen molar-refractivity contribution in [2.45, 2.75) is 71.1 Å². The molecule has 0 amide bonds. The van der Waals surface area contributed by atoms with E-state index in [2.05, 4.69) is 40.3 Å². The summed E-state index contributed by atoms with van der Waals surface area (Å²) in [7, 11) is 1.41. The molecule has 0 N–H and O–H groups in total. The first-order valence-electron chi connectivity index (χ1n) is 8.54. The Morgan fingerprint density at radius 1 is 0.905 bits per heavy atom. The number of carbonyl (C=O) groups is 1. The average molecular weight is 288 g/mol. The van der Waals surface area contributed by atoms with Gasteiger partial charge in [-0.2, -0.15) is 0 Å². The molecule has 0 aromatic rings. The van der Waals surface area contributed by atoms with Crippen molar-refractivity contribution in [3.63, 3.8) is 0 Å². The molecule has 0 aliphatic rings. The van der Waals surface area contributed by atoms with Crippen LogP contribution in [-0.4, -0.2) is 13.1 Å². The second-order valence-corrected chi connectivity index (χ2v) is 4.43. The summed E-state index contributed by atoms with van der Waals surface area (Å²) in [6.07, 6.45) is 5.51. The third-order valence-electron chi connectivity index (χ3n) is 2.64. The van der Waals surface area contributed by atoms with Crippen LogP contribution in [0.1, 0.15) is 73.8 Å². The highest BCUT2D eigenvalue weighted by atomic mass is 16.5. The fourth-order valence-electron chi connectivity index (χ4n) is 1.51. The lowest BCUT2D eigenvalue weighted by molar-refractivity contribution is -0.140. The van der Waals surface area contributed by atoms with Crippen molar-refractivity contribution in [1.82, 2.24) is 0 Å². The van der Waals surface area contributed by atoms with Crippen LogP contribution in [0, 0.1) is 35.5 Å². The van der Waals surface area contributed by atoms with Gasteiger partial charge < -0.3 is 4.74 Å². The normalized spacial score (nSPS) is 10.6. The standard InChI is InChI=1S/C19H26O2/c1-3-4-5-6-7-8-9-10-11-12-13-14-15-16-17-18-19(20)21-2/h3,6,9-10,13-18H2,1-2H3/i6D2. The fourth-order valence-corrected chi connectivity index (χ4v) is 1.51. The Morgan fingerprint density at radius 2 is 1.52 bits per heavy atom. The maximum absolute atomic E-state index is 10.9. The van der Waals surface area contributed by atoms with Gasteiger partial charge in [-0.1, -0.05) is 31.6 Å². The molecular formula is C19H26O2. The van der Waals surface area contributed by atoms with Gasteiger partial charge in [0, 0.05) is 32.1 Å². The van der Waals surface area contributed by atoms with Crippen molar-refractivity contribution in [2.75, 3.05) is 7.11 Å². The van der Waals surface area contributed by atoms with Crippen molar-refractivity contribution < 1.29 is 12.3 Å². The van der Waals surface area contributed by atoms with E-state index in [0.717, 1.165) is 32.1 Å². The first kappa shape index (κ1) is 15.5. The third-order valence-corrected chi connectivity index (χ3v) is 2.64. The number of hydrogen-bond donors (Lipinski definition) is 0. The number of carbonyl (C=O) groups excluding carboxylic acids is 1. The molecule has 114 valence electrons. The Morgan fingerprint density at radius 3 is 2.24 bits per heavy atom.